The molecule has 1 N–H and O–H groups in total. The van der Waals surface area contributed by atoms with Gasteiger partial charge in [0.1, 0.15) is 11.6 Å². The Morgan fingerprint density at radius 3 is 2.62 bits per heavy atom. The Kier molecular flexibility index (Phi) is 5.94. The number of carbonyl (C=O) groups excluding carboxylic acids is 1. The molecule has 1 aliphatic carbocycles. The molecule has 1 heterocycles. The molecule has 0 fully saturated rings. The molecule has 5 heteroatoms. The van der Waals surface area contributed by atoms with Crippen LogP contribution in [0.2, 0.25) is 0 Å². The lowest BCUT2D eigenvalue weighted by Gasteiger charge is -2.11. The monoisotopic (exact) mass is 389 g/mol. The van der Waals surface area contributed by atoms with Gasteiger partial charge in [0.05, 0.1) is 18.0 Å². The van der Waals surface area contributed by atoms with Gasteiger partial charge in [0.15, 0.2) is 0 Å². The van der Waals surface area contributed by atoms with Crippen LogP contribution in [-0.2, 0) is 12.8 Å². The summed E-state index contributed by atoms with van der Waals surface area (Å²) in [6.45, 7) is 2.88. The number of anilines is 1. The molecule has 0 unspecified atom stereocenters. The van der Waals surface area contributed by atoms with Gasteiger partial charge in [-0.25, -0.2) is 4.68 Å². The minimum absolute atomic E-state index is 0.130. The first-order valence-corrected chi connectivity index (χ1v) is 10.5. The number of benzene rings is 2. The van der Waals surface area contributed by atoms with Gasteiger partial charge in [-0.05, 0) is 62.1 Å². The molecule has 0 spiro atoms. The highest BCUT2D eigenvalue weighted by Gasteiger charge is 2.24. The quantitative estimate of drug-likeness (QED) is 0.540. The SMILES string of the molecule is CCCCCOc1ccc(C(=O)Nc2c3c(nn2-c2ccccc2)CCC3)cc1. The van der Waals surface area contributed by atoms with Crippen LogP contribution in [0.25, 0.3) is 5.69 Å². The summed E-state index contributed by atoms with van der Waals surface area (Å²) in [5.41, 5.74) is 3.80. The zero-order valence-electron chi connectivity index (χ0n) is 16.9. The van der Waals surface area contributed by atoms with Crippen molar-refractivity contribution in [2.24, 2.45) is 0 Å². The summed E-state index contributed by atoms with van der Waals surface area (Å²) in [6, 6.07) is 17.3. The van der Waals surface area contributed by atoms with E-state index in [1.54, 1.807) is 0 Å². The van der Waals surface area contributed by atoms with E-state index < -0.39 is 0 Å². The molecule has 5 nitrogen and oxygen atoms in total. The van der Waals surface area contributed by atoms with Gasteiger partial charge in [-0.3, -0.25) is 4.79 Å². The maximum atomic E-state index is 12.9. The lowest BCUT2D eigenvalue weighted by atomic mass is 10.2. The molecular weight excluding hydrogens is 362 g/mol. The number of carbonyl (C=O) groups is 1. The fourth-order valence-electron chi connectivity index (χ4n) is 3.70. The first kappa shape index (κ1) is 19.2. The van der Waals surface area contributed by atoms with E-state index in [2.05, 4.69) is 12.2 Å². The normalized spacial score (nSPS) is 12.6. The van der Waals surface area contributed by atoms with Crippen molar-refractivity contribution in [3.63, 3.8) is 0 Å². The highest BCUT2D eigenvalue weighted by Crippen LogP contribution is 2.31. The van der Waals surface area contributed by atoms with E-state index in [1.807, 2.05) is 59.3 Å². The van der Waals surface area contributed by atoms with E-state index in [1.165, 1.54) is 12.8 Å². The van der Waals surface area contributed by atoms with Gasteiger partial charge in [-0.15, -0.1) is 0 Å². The van der Waals surface area contributed by atoms with Crippen LogP contribution in [0.15, 0.2) is 54.6 Å². The molecule has 0 saturated carbocycles. The van der Waals surface area contributed by atoms with Crippen molar-refractivity contribution in [3.05, 3.63) is 71.4 Å². The Bertz CT molecular complexity index is 962. The molecule has 3 aromatic rings. The first-order valence-electron chi connectivity index (χ1n) is 10.5. The smallest absolute Gasteiger partial charge is 0.256 e. The van der Waals surface area contributed by atoms with Crippen molar-refractivity contribution >= 4 is 11.7 Å². The number of unbranched alkanes of at least 4 members (excludes halogenated alkanes) is 2. The van der Waals surface area contributed by atoms with Gasteiger partial charge >= 0.3 is 0 Å². The summed E-state index contributed by atoms with van der Waals surface area (Å²) < 4.78 is 7.59. The third-order valence-corrected chi connectivity index (χ3v) is 5.27. The van der Waals surface area contributed by atoms with Crippen LogP contribution in [0.3, 0.4) is 0 Å². The zero-order valence-corrected chi connectivity index (χ0v) is 16.9. The van der Waals surface area contributed by atoms with Gasteiger partial charge in [0, 0.05) is 11.1 Å². The van der Waals surface area contributed by atoms with Crippen molar-refractivity contribution in [1.82, 2.24) is 9.78 Å². The van der Waals surface area contributed by atoms with Gasteiger partial charge in [-0.1, -0.05) is 38.0 Å². The van der Waals surface area contributed by atoms with E-state index in [0.29, 0.717) is 12.2 Å². The third-order valence-electron chi connectivity index (χ3n) is 5.27. The number of para-hydroxylation sites is 1. The van der Waals surface area contributed by atoms with E-state index in [9.17, 15) is 4.79 Å². The lowest BCUT2D eigenvalue weighted by Crippen LogP contribution is -2.16. The van der Waals surface area contributed by atoms with Crippen LogP contribution in [0, 0.1) is 0 Å². The van der Waals surface area contributed by atoms with Crippen molar-refractivity contribution in [2.75, 3.05) is 11.9 Å². The maximum Gasteiger partial charge on any atom is 0.256 e. The highest BCUT2D eigenvalue weighted by molar-refractivity contribution is 6.04. The highest BCUT2D eigenvalue weighted by atomic mass is 16.5. The summed E-state index contributed by atoms with van der Waals surface area (Å²) in [5.74, 6) is 1.45. The minimum Gasteiger partial charge on any atom is -0.494 e. The predicted octanol–water partition coefficient (Wildman–Crippen LogP) is 5.18. The number of ether oxygens (including phenoxy) is 1. The lowest BCUT2D eigenvalue weighted by molar-refractivity contribution is 0.102. The summed E-state index contributed by atoms with van der Waals surface area (Å²) in [6.07, 6.45) is 6.38. The van der Waals surface area contributed by atoms with Crippen LogP contribution in [0.5, 0.6) is 5.75 Å². The van der Waals surface area contributed by atoms with Crippen LogP contribution in [0.4, 0.5) is 5.82 Å². The molecule has 0 aliphatic heterocycles. The molecule has 29 heavy (non-hydrogen) atoms. The molecule has 1 aromatic heterocycles. The summed E-state index contributed by atoms with van der Waals surface area (Å²) in [7, 11) is 0. The Balaban J connectivity index is 1.50. The molecule has 0 radical (unpaired) electrons. The van der Waals surface area contributed by atoms with Gasteiger partial charge in [-0.2, -0.15) is 5.10 Å². The maximum absolute atomic E-state index is 12.9. The Labute approximate surface area is 171 Å². The van der Waals surface area contributed by atoms with Crippen molar-refractivity contribution < 1.29 is 9.53 Å². The second-order valence-electron chi connectivity index (χ2n) is 7.41. The van der Waals surface area contributed by atoms with Crippen molar-refractivity contribution in [2.45, 2.75) is 45.4 Å². The Morgan fingerprint density at radius 2 is 1.86 bits per heavy atom. The van der Waals surface area contributed by atoms with E-state index in [-0.39, 0.29) is 5.91 Å². The Morgan fingerprint density at radius 1 is 1.07 bits per heavy atom. The van der Waals surface area contributed by atoms with Gasteiger partial charge < -0.3 is 10.1 Å². The fraction of sp³-hybridized carbons (Fsp3) is 0.333. The second-order valence-corrected chi connectivity index (χ2v) is 7.41. The molecule has 0 saturated heterocycles. The number of hydrogen-bond donors (Lipinski definition) is 1. The van der Waals surface area contributed by atoms with E-state index >= 15 is 0 Å². The number of amides is 1. The minimum atomic E-state index is -0.130. The van der Waals surface area contributed by atoms with Gasteiger partial charge in [0.25, 0.3) is 5.91 Å². The van der Waals surface area contributed by atoms with Crippen LogP contribution < -0.4 is 10.1 Å². The molecule has 1 aliphatic rings. The molecular formula is C24H27N3O2. The molecule has 1 amide bonds. The summed E-state index contributed by atoms with van der Waals surface area (Å²) in [5, 5.41) is 7.86. The van der Waals surface area contributed by atoms with Crippen LogP contribution >= 0.6 is 0 Å². The zero-order chi connectivity index (χ0) is 20.1. The van der Waals surface area contributed by atoms with Crippen LogP contribution in [0.1, 0.15) is 54.2 Å². The number of aromatic nitrogens is 2. The van der Waals surface area contributed by atoms with E-state index in [0.717, 1.165) is 54.2 Å². The largest absolute Gasteiger partial charge is 0.494 e. The standard InChI is InChI=1S/C24H27N3O2/c1-2-3-7-17-29-20-15-13-18(14-16-20)24(28)25-23-21-11-8-12-22(21)26-27(23)19-9-5-4-6-10-19/h4-6,9-10,13-16H,2-3,7-8,11-12,17H2,1H3,(H,25,28). The fourth-order valence-corrected chi connectivity index (χ4v) is 3.70. The molecule has 0 bridgehead atoms. The summed E-state index contributed by atoms with van der Waals surface area (Å²) >= 11 is 0. The van der Waals surface area contributed by atoms with Crippen molar-refractivity contribution in [3.8, 4) is 11.4 Å². The molecule has 150 valence electrons. The number of rotatable bonds is 8. The number of nitrogens with zero attached hydrogens (tertiary/aromatic N) is 2. The number of hydrogen-bond acceptors (Lipinski definition) is 3. The number of nitrogens with one attached hydrogen (secondary N) is 1. The number of aryl methyl sites for hydroxylation is 1. The molecule has 4 rings (SSSR count). The topological polar surface area (TPSA) is 56.1 Å². The summed E-state index contributed by atoms with van der Waals surface area (Å²) in [4.78, 5) is 12.9. The average molecular weight is 389 g/mol. The molecule has 2 aromatic carbocycles. The Hall–Kier alpha value is -3.08. The third kappa shape index (κ3) is 4.34. The van der Waals surface area contributed by atoms with Crippen LogP contribution in [-0.4, -0.2) is 22.3 Å². The second kappa shape index (κ2) is 8.95. The first-order chi connectivity index (χ1) is 14.3. The predicted molar refractivity (Wildman–Crippen MR) is 115 cm³/mol. The number of fused-ring (bicyclic) bond motifs is 1. The average Bonchev–Trinajstić information content (AvgIpc) is 3.35. The van der Waals surface area contributed by atoms with Crippen molar-refractivity contribution in [1.29, 1.82) is 0 Å². The van der Waals surface area contributed by atoms with Gasteiger partial charge in [0.2, 0.25) is 0 Å². The molecule has 0 atom stereocenters. The van der Waals surface area contributed by atoms with E-state index in [4.69, 9.17) is 9.84 Å².